The molecule has 0 fully saturated rings. The van der Waals surface area contributed by atoms with Gasteiger partial charge in [-0.1, -0.05) is 0 Å². The molecule has 1 amide bonds. The number of aromatic amines is 1. The molecule has 6 heteroatoms. The Balaban J connectivity index is 2.26. The van der Waals surface area contributed by atoms with Crippen molar-refractivity contribution >= 4 is 17.0 Å². The number of aromatic nitrogens is 1. The van der Waals surface area contributed by atoms with Crippen LogP contribution in [0.1, 0.15) is 12.5 Å². The number of hydrogen-bond acceptors (Lipinski definition) is 4. The standard InChI is InChI=1S/C14H16N2O4/c1-3-20-14(18)15-8-10-6-9-7-11(19-2)4-5-12(9)16-13(10)17/h4-7H,3,8H2,1-2H3,(H,15,18)(H,16,17). The molecule has 1 aromatic carbocycles. The largest absolute Gasteiger partial charge is 0.497 e. The highest BCUT2D eigenvalue weighted by atomic mass is 16.5. The van der Waals surface area contributed by atoms with Crippen molar-refractivity contribution in [1.82, 2.24) is 10.3 Å². The molecule has 0 aliphatic rings. The van der Waals surface area contributed by atoms with E-state index in [9.17, 15) is 9.59 Å². The number of carbonyl (C=O) groups is 1. The van der Waals surface area contributed by atoms with Gasteiger partial charge < -0.3 is 19.8 Å². The van der Waals surface area contributed by atoms with Gasteiger partial charge in [0.25, 0.3) is 5.56 Å². The van der Waals surface area contributed by atoms with Crippen LogP contribution < -0.4 is 15.6 Å². The molecule has 0 unspecified atom stereocenters. The van der Waals surface area contributed by atoms with Gasteiger partial charge in [-0.2, -0.15) is 0 Å². The molecule has 0 bridgehead atoms. The zero-order valence-electron chi connectivity index (χ0n) is 11.4. The number of amides is 1. The Morgan fingerprint density at radius 3 is 2.85 bits per heavy atom. The number of hydrogen-bond donors (Lipinski definition) is 2. The van der Waals surface area contributed by atoms with Gasteiger partial charge >= 0.3 is 6.09 Å². The number of alkyl carbamates (subject to hydrolysis) is 1. The van der Waals surface area contributed by atoms with E-state index in [0.29, 0.717) is 11.3 Å². The fourth-order valence-electron chi connectivity index (χ4n) is 1.84. The molecule has 0 saturated heterocycles. The van der Waals surface area contributed by atoms with Crippen LogP contribution in [0.5, 0.6) is 5.75 Å². The van der Waals surface area contributed by atoms with Crippen LogP contribution in [0.25, 0.3) is 10.9 Å². The lowest BCUT2D eigenvalue weighted by Gasteiger charge is -2.07. The van der Waals surface area contributed by atoms with Crippen molar-refractivity contribution in [3.63, 3.8) is 0 Å². The first kappa shape index (κ1) is 13.9. The van der Waals surface area contributed by atoms with E-state index in [1.54, 1.807) is 32.2 Å². The van der Waals surface area contributed by atoms with Crippen molar-refractivity contribution in [1.29, 1.82) is 0 Å². The van der Waals surface area contributed by atoms with Crippen LogP contribution in [0.2, 0.25) is 0 Å². The van der Waals surface area contributed by atoms with Gasteiger partial charge in [-0.3, -0.25) is 4.79 Å². The molecule has 6 nitrogen and oxygen atoms in total. The second kappa shape index (κ2) is 6.10. The molecular weight excluding hydrogens is 260 g/mol. The minimum atomic E-state index is -0.544. The smallest absolute Gasteiger partial charge is 0.407 e. The zero-order valence-corrected chi connectivity index (χ0v) is 11.4. The van der Waals surface area contributed by atoms with Crippen LogP contribution in [0.15, 0.2) is 29.1 Å². The molecule has 2 N–H and O–H groups in total. The molecule has 0 saturated carbocycles. The second-order valence-corrected chi connectivity index (χ2v) is 4.15. The summed E-state index contributed by atoms with van der Waals surface area (Å²) in [5, 5.41) is 3.36. The highest BCUT2D eigenvalue weighted by molar-refractivity contribution is 5.80. The number of carbonyl (C=O) groups excluding carboxylic acids is 1. The van der Waals surface area contributed by atoms with Crippen molar-refractivity contribution in [2.75, 3.05) is 13.7 Å². The zero-order chi connectivity index (χ0) is 14.5. The first-order valence-electron chi connectivity index (χ1n) is 6.24. The van der Waals surface area contributed by atoms with Crippen LogP contribution in [0, 0.1) is 0 Å². The third-order valence-electron chi connectivity index (χ3n) is 2.83. The SMILES string of the molecule is CCOC(=O)NCc1cc2cc(OC)ccc2[nH]c1=O. The fraction of sp³-hybridized carbons (Fsp3) is 0.286. The molecule has 1 aromatic heterocycles. The quantitative estimate of drug-likeness (QED) is 0.892. The van der Waals surface area contributed by atoms with E-state index in [-0.39, 0.29) is 18.7 Å². The molecule has 0 atom stereocenters. The number of pyridine rings is 1. The average Bonchev–Trinajstić information content (AvgIpc) is 2.45. The number of methoxy groups -OCH3 is 1. The monoisotopic (exact) mass is 276 g/mol. The Labute approximate surface area is 115 Å². The summed E-state index contributed by atoms with van der Waals surface area (Å²) in [4.78, 5) is 25.9. The van der Waals surface area contributed by atoms with E-state index in [2.05, 4.69) is 10.3 Å². The first-order valence-corrected chi connectivity index (χ1v) is 6.24. The highest BCUT2D eigenvalue weighted by Crippen LogP contribution is 2.18. The van der Waals surface area contributed by atoms with Crippen molar-refractivity contribution < 1.29 is 14.3 Å². The van der Waals surface area contributed by atoms with Gasteiger partial charge in [0.1, 0.15) is 5.75 Å². The van der Waals surface area contributed by atoms with E-state index in [1.807, 2.05) is 6.07 Å². The molecule has 2 rings (SSSR count). The molecule has 0 radical (unpaired) electrons. The average molecular weight is 276 g/mol. The topological polar surface area (TPSA) is 80.4 Å². The first-order chi connectivity index (χ1) is 9.63. The Kier molecular flexibility index (Phi) is 4.24. The molecule has 20 heavy (non-hydrogen) atoms. The third-order valence-corrected chi connectivity index (χ3v) is 2.83. The summed E-state index contributed by atoms with van der Waals surface area (Å²) in [5.74, 6) is 0.703. The summed E-state index contributed by atoms with van der Waals surface area (Å²) in [6.07, 6.45) is -0.544. The lowest BCUT2D eigenvalue weighted by Crippen LogP contribution is -2.27. The van der Waals surface area contributed by atoms with E-state index in [1.165, 1.54) is 0 Å². The molecule has 2 aromatic rings. The lowest BCUT2D eigenvalue weighted by molar-refractivity contribution is 0.151. The summed E-state index contributed by atoms with van der Waals surface area (Å²) in [6, 6.07) is 7.09. The van der Waals surface area contributed by atoms with Crippen molar-refractivity contribution in [2.24, 2.45) is 0 Å². The fourth-order valence-corrected chi connectivity index (χ4v) is 1.84. The summed E-state index contributed by atoms with van der Waals surface area (Å²) in [6.45, 7) is 2.12. The van der Waals surface area contributed by atoms with Crippen molar-refractivity contribution in [3.05, 3.63) is 40.2 Å². The van der Waals surface area contributed by atoms with Crippen LogP contribution in [-0.2, 0) is 11.3 Å². The van der Waals surface area contributed by atoms with Gasteiger partial charge in [0.2, 0.25) is 0 Å². The van der Waals surface area contributed by atoms with Gasteiger partial charge in [0, 0.05) is 16.5 Å². The number of benzene rings is 1. The maximum absolute atomic E-state index is 11.9. The molecule has 1 heterocycles. The van der Waals surface area contributed by atoms with Gasteiger partial charge in [0.05, 0.1) is 20.3 Å². The summed E-state index contributed by atoms with van der Waals surface area (Å²) in [5.41, 5.74) is 0.939. The van der Waals surface area contributed by atoms with E-state index in [0.717, 1.165) is 10.9 Å². The maximum atomic E-state index is 11.9. The molecule has 0 aliphatic heterocycles. The molecular formula is C14H16N2O4. The van der Waals surface area contributed by atoms with E-state index in [4.69, 9.17) is 9.47 Å². The molecule has 106 valence electrons. The summed E-state index contributed by atoms with van der Waals surface area (Å²) < 4.78 is 9.89. The summed E-state index contributed by atoms with van der Waals surface area (Å²) >= 11 is 0. The lowest BCUT2D eigenvalue weighted by atomic mass is 10.1. The van der Waals surface area contributed by atoms with Gasteiger partial charge in [-0.25, -0.2) is 4.79 Å². The molecule has 0 spiro atoms. The number of nitrogens with one attached hydrogen (secondary N) is 2. The maximum Gasteiger partial charge on any atom is 0.407 e. The van der Waals surface area contributed by atoms with Crippen LogP contribution in [0.4, 0.5) is 4.79 Å². The van der Waals surface area contributed by atoms with Crippen molar-refractivity contribution in [3.8, 4) is 5.75 Å². The van der Waals surface area contributed by atoms with Crippen LogP contribution >= 0.6 is 0 Å². The minimum Gasteiger partial charge on any atom is -0.497 e. The Hall–Kier alpha value is -2.50. The van der Waals surface area contributed by atoms with Crippen LogP contribution in [-0.4, -0.2) is 24.8 Å². The number of rotatable bonds is 4. The normalized spacial score (nSPS) is 10.3. The second-order valence-electron chi connectivity index (χ2n) is 4.15. The minimum absolute atomic E-state index is 0.112. The van der Waals surface area contributed by atoms with Gasteiger partial charge in [-0.05, 0) is 31.2 Å². The van der Waals surface area contributed by atoms with Gasteiger partial charge in [0.15, 0.2) is 0 Å². The van der Waals surface area contributed by atoms with E-state index >= 15 is 0 Å². The van der Waals surface area contributed by atoms with E-state index < -0.39 is 6.09 Å². The number of fused-ring (bicyclic) bond motifs is 1. The molecule has 0 aliphatic carbocycles. The Morgan fingerprint density at radius 2 is 2.15 bits per heavy atom. The van der Waals surface area contributed by atoms with Crippen LogP contribution in [0.3, 0.4) is 0 Å². The van der Waals surface area contributed by atoms with Gasteiger partial charge in [-0.15, -0.1) is 0 Å². The number of H-pyrrole nitrogens is 1. The Morgan fingerprint density at radius 1 is 1.35 bits per heavy atom. The van der Waals surface area contributed by atoms with Crippen molar-refractivity contribution in [2.45, 2.75) is 13.5 Å². The Bertz CT molecular complexity index is 678. The predicted molar refractivity (Wildman–Crippen MR) is 75.0 cm³/mol. The highest BCUT2D eigenvalue weighted by Gasteiger charge is 2.06. The summed E-state index contributed by atoms with van der Waals surface area (Å²) in [7, 11) is 1.58. The third kappa shape index (κ3) is 3.09. The predicted octanol–water partition coefficient (Wildman–Crippen LogP) is 1.78. The number of ether oxygens (including phenoxy) is 2.